The second kappa shape index (κ2) is 8.33. The molecular weight excluding hydrogens is 352 g/mol. The summed E-state index contributed by atoms with van der Waals surface area (Å²) in [5.74, 6) is 0.238. The van der Waals surface area contributed by atoms with Gasteiger partial charge in [-0.2, -0.15) is 0 Å². The summed E-state index contributed by atoms with van der Waals surface area (Å²) in [7, 11) is 0. The summed E-state index contributed by atoms with van der Waals surface area (Å²) in [4.78, 5) is 27.4. The molecule has 3 rings (SSSR count). The molecule has 0 saturated carbocycles. The van der Waals surface area contributed by atoms with Gasteiger partial charge in [0, 0.05) is 18.3 Å². The monoisotopic (exact) mass is 373 g/mol. The number of benzene rings is 1. The first kappa shape index (κ1) is 17.1. The minimum absolute atomic E-state index is 0.407. The molecule has 1 aliphatic rings. The highest BCUT2D eigenvalue weighted by Crippen LogP contribution is 2.24. The molecule has 1 aliphatic heterocycles. The summed E-state index contributed by atoms with van der Waals surface area (Å²) in [6.45, 7) is 2.17. The molecule has 2 amide bonds. The Labute approximate surface area is 157 Å². The largest absolute Gasteiger partial charge is 0.493 e. The summed E-state index contributed by atoms with van der Waals surface area (Å²) in [6.07, 6.45) is 2.20. The molecule has 1 aromatic carbocycles. The normalized spacial score (nSPS) is 18.8. The maximum absolute atomic E-state index is 11.8. The maximum Gasteiger partial charge on any atom is 0.286 e. The third kappa shape index (κ3) is 4.83. The molecule has 2 unspecified atom stereocenters. The minimum atomic E-state index is -0.530. The van der Waals surface area contributed by atoms with Crippen molar-refractivity contribution in [2.24, 2.45) is 0 Å². The van der Waals surface area contributed by atoms with E-state index >= 15 is 0 Å². The number of thioether (sulfide) groups is 1. The van der Waals surface area contributed by atoms with Gasteiger partial charge in [-0.3, -0.25) is 19.9 Å². The Bertz CT molecular complexity index is 811. The molecule has 0 bridgehead atoms. The van der Waals surface area contributed by atoms with Gasteiger partial charge in [-0.1, -0.05) is 30.0 Å². The number of hydrogen-bond acceptors (Lipinski definition) is 6. The number of pyridine rings is 1. The van der Waals surface area contributed by atoms with Crippen LogP contribution in [0, 0.1) is 0 Å². The molecule has 6 nitrogen and oxygen atoms in total. The average Bonchev–Trinajstić information content (AvgIpc) is 2.90. The van der Waals surface area contributed by atoms with E-state index in [1.165, 1.54) is 0 Å². The van der Waals surface area contributed by atoms with Gasteiger partial charge in [-0.05, 0) is 42.7 Å². The number of imide groups is 1. The van der Waals surface area contributed by atoms with Crippen molar-refractivity contribution < 1.29 is 20.8 Å². The van der Waals surface area contributed by atoms with Crippen LogP contribution in [0.15, 0.2) is 42.6 Å². The number of aromatic nitrogens is 1. The Balaban J connectivity index is 1.48. The fraction of sp³-hybridized carbons (Fsp3) is 0.316. The number of nitrogens with zero attached hydrogens (tertiary/aromatic N) is 1. The molecule has 2 heterocycles. The van der Waals surface area contributed by atoms with Crippen LogP contribution in [0.3, 0.4) is 0 Å². The molecule has 0 aliphatic carbocycles. The molecule has 26 heavy (non-hydrogen) atoms. The highest BCUT2D eigenvalue weighted by Gasteiger charge is 2.31. The Morgan fingerprint density at radius 1 is 1.31 bits per heavy atom. The fourth-order valence-electron chi connectivity index (χ4n) is 2.53. The molecule has 2 aromatic rings. The van der Waals surface area contributed by atoms with E-state index in [9.17, 15) is 14.7 Å². The predicted octanol–water partition coefficient (Wildman–Crippen LogP) is 2.65. The van der Waals surface area contributed by atoms with E-state index < -0.39 is 22.5 Å². The number of hydrogen-bond donors (Lipinski definition) is 2. The third-order valence-corrected chi connectivity index (χ3v) is 4.97. The van der Waals surface area contributed by atoms with Crippen LogP contribution in [-0.2, 0) is 17.6 Å². The van der Waals surface area contributed by atoms with Gasteiger partial charge in [0.05, 0.1) is 18.0 Å². The van der Waals surface area contributed by atoms with Crippen molar-refractivity contribution >= 4 is 22.9 Å². The van der Waals surface area contributed by atoms with Crippen LogP contribution >= 0.6 is 11.8 Å². The maximum atomic E-state index is 11.8. The first-order valence-corrected chi connectivity index (χ1v) is 9.20. The third-order valence-electron chi connectivity index (χ3n) is 4.02. The van der Waals surface area contributed by atoms with Gasteiger partial charge in [-0.25, -0.2) is 0 Å². The van der Waals surface area contributed by atoms with Gasteiger partial charge < -0.3 is 9.84 Å². The molecule has 0 radical (unpaired) electrons. The van der Waals surface area contributed by atoms with E-state index in [0.717, 1.165) is 28.6 Å². The van der Waals surface area contributed by atoms with Crippen LogP contribution in [0.1, 0.15) is 29.8 Å². The molecule has 2 N–H and O–H groups in total. The van der Waals surface area contributed by atoms with Crippen molar-refractivity contribution in [3.05, 3.63) is 59.4 Å². The molecule has 0 spiro atoms. The molecule has 1 fully saturated rings. The highest BCUT2D eigenvalue weighted by molar-refractivity contribution is 8.15. The first-order valence-electron chi connectivity index (χ1n) is 8.77. The van der Waals surface area contributed by atoms with Crippen molar-refractivity contribution in [2.45, 2.75) is 31.1 Å². The summed E-state index contributed by atoms with van der Waals surface area (Å²) >= 11 is 0.891. The quantitative estimate of drug-likeness (QED) is 0.776. The van der Waals surface area contributed by atoms with Crippen LogP contribution in [0.2, 0.25) is 1.41 Å². The van der Waals surface area contributed by atoms with Crippen LogP contribution in [0.4, 0.5) is 4.79 Å². The van der Waals surface area contributed by atoms with Gasteiger partial charge in [0.2, 0.25) is 5.91 Å². The van der Waals surface area contributed by atoms with Crippen LogP contribution in [0.25, 0.3) is 0 Å². The fourth-order valence-corrected chi connectivity index (χ4v) is 3.35. The zero-order valence-electron chi connectivity index (χ0n) is 15.3. The molecule has 7 heteroatoms. The van der Waals surface area contributed by atoms with E-state index in [-0.39, 0.29) is 0 Å². The lowest BCUT2D eigenvalue weighted by Crippen LogP contribution is -2.25. The van der Waals surface area contributed by atoms with Gasteiger partial charge in [-0.15, -0.1) is 0 Å². The van der Waals surface area contributed by atoms with E-state index in [1.807, 2.05) is 36.4 Å². The number of carbonyl (C=O) groups excluding carboxylic acids is 2. The first-order chi connectivity index (χ1) is 12.9. The number of amides is 2. The van der Waals surface area contributed by atoms with Gasteiger partial charge in [0.1, 0.15) is 5.75 Å². The van der Waals surface area contributed by atoms with E-state index in [0.29, 0.717) is 30.5 Å². The molecule has 136 valence electrons. The highest BCUT2D eigenvalue weighted by atomic mass is 32.2. The number of carbonyl (C=O) groups is 2. The van der Waals surface area contributed by atoms with Crippen molar-refractivity contribution in [1.82, 2.24) is 10.3 Å². The van der Waals surface area contributed by atoms with E-state index in [2.05, 4.69) is 4.98 Å². The molecule has 1 aromatic heterocycles. The van der Waals surface area contributed by atoms with Gasteiger partial charge in [0.25, 0.3) is 5.24 Å². The standard InChI is InChI=1S/C19H20N2O4S/c1-12(22)14-4-5-15(20-11-14)8-9-25-16-6-2-13(3-7-16)10-17-18(23)21-19(24)26-17/h2-7,11-12,17,22H,8-10H2,1H3,(H,21,23,24)/i/hD. The lowest BCUT2D eigenvalue weighted by atomic mass is 10.1. The van der Waals surface area contributed by atoms with Crippen LogP contribution in [-0.4, -0.2) is 33.1 Å². The zero-order valence-corrected chi connectivity index (χ0v) is 15.1. The van der Waals surface area contributed by atoms with Crippen LogP contribution < -0.4 is 10.0 Å². The zero-order chi connectivity index (χ0) is 19.4. The summed E-state index contributed by atoms with van der Waals surface area (Å²) in [6, 6.07) is 11.1. The lowest BCUT2D eigenvalue weighted by molar-refractivity contribution is -0.118. The van der Waals surface area contributed by atoms with Crippen molar-refractivity contribution in [2.75, 3.05) is 6.61 Å². The van der Waals surface area contributed by atoms with Crippen molar-refractivity contribution in [3.63, 3.8) is 0 Å². The minimum Gasteiger partial charge on any atom is -0.493 e. The Hall–Kier alpha value is -2.38. The predicted molar refractivity (Wildman–Crippen MR) is 99.1 cm³/mol. The lowest BCUT2D eigenvalue weighted by Gasteiger charge is -2.09. The average molecular weight is 373 g/mol. The Morgan fingerprint density at radius 2 is 2.08 bits per heavy atom. The second-order valence-electron chi connectivity index (χ2n) is 6.03. The van der Waals surface area contributed by atoms with E-state index in [1.54, 1.807) is 13.1 Å². The van der Waals surface area contributed by atoms with E-state index in [4.69, 9.17) is 6.15 Å². The van der Waals surface area contributed by atoms with Crippen molar-refractivity contribution in [1.29, 1.82) is 0 Å². The SMILES string of the molecule is [2H]N1C(=O)SC(Cc2ccc(OCCc3ccc(C(C)O)cn3)cc2)C1=O. The van der Waals surface area contributed by atoms with Gasteiger partial charge >= 0.3 is 0 Å². The van der Waals surface area contributed by atoms with Crippen molar-refractivity contribution in [3.8, 4) is 5.75 Å². The topological polar surface area (TPSA) is 88.5 Å². The molecule has 2 atom stereocenters. The number of aliphatic hydroxyl groups excluding tert-OH is 1. The van der Waals surface area contributed by atoms with Gasteiger partial charge in [0.15, 0.2) is 1.41 Å². The Morgan fingerprint density at radius 3 is 2.65 bits per heavy atom. The number of rotatable bonds is 7. The number of nitrogens with one attached hydrogen (secondary N) is 1. The molecular formula is C19H20N2O4S. The Kier molecular flexibility index (Phi) is 5.47. The summed E-state index contributed by atoms with van der Waals surface area (Å²) in [5.41, 5.74) is 2.58. The second-order valence-corrected chi connectivity index (χ2v) is 7.18. The smallest absolute Gasteiger partial charge is 0.286 e. The molecule has 1 saturated heterocycles. The summed E-state index contributed by atoms with van der Waals surface area (Å²) < 4.78 is 13.0. The number of ether oxygens (including phenoxy) is 1. The van der Waals surface area contributed by atoms with Crippen LogP contribution in [0.5, 0.6) is 5.75 Å². The summed E-state index contributed by atoms with van der Waals surface area (Å²) in [5, 5.41) is 8.85. The number of aliphatic hydroxyl groups is 1.